The lowest BCUT2D eigenvalue weighted by atomic mass is 10.2. The number of ether oxygens (including phenoxy) is 1. The molecule has 4 nitrogen and oxygen atoms in total. The van der Waals surface area contributed by atoms with Gasteiger partial charge in [-0.3, -0.25) is 4.79 Å². The van der Waals surface area contributed by atoms with Crippen LogP contribution in [0.3, 0.4) is 0 Å². The van der Waals surface area contributed by atoms with Crippen LogP contribution >= 0.6 is 11.3 Å². The molecule has 108 valence electrons. The van der Waals surface area contributed by atoms with Gasteiger partial charge in [-0.25, -0.2) is 4.79 Å². The standard InChI is InChI=1S/C16H15NO3S/c1-11-10-21-15(16(19)20-2)14(11)17-13(18)9-8-12-6-4-3-5-7-12/h3-10H,1-2H3,(H,17,18). The van der Waals surface area contributed by atoms with Gasteiger partial charge in [0.05, 0.1) is 12.8 Å². The summed E-state index contributed by atoms with van der Waals surface area (Å²) in [4.78, 5) is 24.0. The van der Waals surface area contributed by atoms with E-state index < -0.39 is 5.97 Å². The average molecular weight is 301 g/mol. The molecule has 1 amide bonds. The zero-order valence-corrected chi connectivity index (χ0v) is 12.6. The Morgan fingerprint density at radius 3 is 2.62 bits per heavy atom. The summed E-state index contributed by atoms with van der Waals surface area (Å²) in [6.07, 6.45) is 3.16. The second-order valence-corrected chi connectivity index (χ2v) is 5.23. The summed E-state index contributed by atoms with van der Waals surface area (Å²) in [5.74, 6) is -0.735. The van der Waals surface area contributed by atoms with Gasteiger partial charge in [0.15, 0.2) is 0 Å². The van der Waals surface area contributed by atoms with Gasteiger partial charge in [0.2, 0.25) is 5.91 Å². The minimum absolute atomic E-state index is 0.287. The summed E-state index contributed by atoms with van der Waals surface area (Å²) in [5.41, 5.74) is 2.28. The largest absolute Gasteiger partial charge is 0.465 e. The highest BCUT2D eigenvalue weighted by atomic mass is 32.1. The Hall–Kier alpha value is -2.40. The average Bonchev–Trinajstić information content (AvgIpc) is 2.86. The van der Waals surface area contributed by atoms with Crippen molar-refractivity contribution in [3.63, 3.8) is 0 Å². The molecule has 1 aromatic heterocycles. The van der Waals surface area contributed by atoms with Gasteiger partial charge < -0.3 is 10.1 Å². The van der Waals surface area contributed by atoms with Crippen LogP contribution < -0.4 is 5.32 Å². The summed E-state index contributed by atoms with van der Waals surface area (Å²) < 4.78 is 4.70. The van der Waals surface area contributed by atoms with Crippen LogP contribution in [0.25, 0.3) is 6.08 Å². The predicted octanol–water partition coefficient (Wildman–Crippen LogP) is 3.50. The van der Waals surface area contributed by atoms with Crippen molar-refractivity contribution in [3.05, 3.63) is 57.8 Å². The maximum atomic E-state index is 12.0. The molecule has 1 heterocycles. The fourth-order valence-electron chi connectivity index (χ4n) is 1.74. The highest BCUT2D eigenvalue weighted by Crippen LogP contribution is 2.28. The number of carbonyl (C=O) groups is 2. The van der Waals surface area contributed by atoms with Gasteiger partial charge in [0.25, 0.3) is 0 Å². The third kappa shape index (κ3) is 3.79. The van der Waals surface area contributed by atoms with Crippen LogP contribution in [0, 0.1) is 6.92 Å². The maximum Gasteiger partial charge on any atom is 0.350 e. The minimum atomic E-state index is -0.449. The second kappa shape index (κ2) is 6.85. The molecular formula is C16H15NO3S. The fraction of sp³-hybridized carbons (Fsp3) is 0.125. The Kier molecular flexibility index (Phi) is 4.90. The number of methoxy groups -OCH3 is 1. The van der Waals surface area contributed by atoms with Gasteiger partial charge in [-0.15, -0.1) is 11.3 Å². The molecule has 1 aromatic carbocycles. The van der Waals surface area contributed by atoms with Gasteiger partial charge in [-0.1, -0.05) is 30.3 Å². The van der Waals surface area contributed by atoms with Gasteiger partial charge in [0.1, 0.15) is 4.88 Å². The van der Waals surface area contributed by atoms with Crippen LogP contribution in [0.15, 0.2) is 41.8 Å². The molecule has 0 bridgehead atoms. The number of anilines is 1. The summed E-state index contributed by atoms with van der Waals surface area (Å²) in [5, 5.41) is 4.54. The van der Waals surface area contributed by atoms with E-state index in [-0.39, 0.29) is 5.91 Å². The molecule has 0 aliphatic rings. The molecule has 0 fully saturated rings. The van der Waals surface area contributed by atoms with Gasteiger partial charge in [-0.05, 0) is 29.5 Å². The third-order valence-electron chi connectivity index (χ3n) is 2.82. The van der Waals surface area contributed by atoms with Crippen LogP contribution in [-0.2, 0) is 9.53 Å². The fourth-order valence-corrected chi connectivity index (χ4v) is 2.67. The van der Waals surface area contributed by atoms with Gasteiger partial charge in [-0.2, -0.15) is 0 Å². The van der Waals surface area contributed by atoms with Crippen LogP contribution in [0.4, 0.5) is 5.69 Å². The minimum Gasteiger partial charge on any atom is -0.465 e. The topological polar surface area (TPSA) is 55.4 Å². The number of hydrogen-bond donors (Lipinski definition) is 1. The molecule has 2 aromatic rings. The van der Waals surface area contributed by atoms with E-state index in [0.29, 0.717) is 10.6 Å². The van der Waals surface area contributed by atoms with Crippen molar-refractivity contribution in [2.75, 3.05) is 12.4 Å². The van der Waals surface area contributed by atoms with E-state index in [9.17, 15) is 9.59 Å². The Labute approximate surface area is 127 Å². The Balaban J connectivity index is 2.12. The lowest BCUT2D eigenvalue weighted by Crippen LogP contribution is -2.11. The molecule has 0 unspecified atom stereocenters. The van der Waals surface area contributed by atoms with Gasteiger partial charge in [0, 0.05) is 6.08 Å². The van der Waals surface area contributed by atoms with E-state index in [1.807, 2.05) is 42.6 Å². The summed E-state index contributed by atoms with van der Waals surface area (Å²) in [7, 11) is 1.32. The first kappa shape index (κ1) is 15.0. The molecule has 2 rings (SSSR count). The zero-order valence-electron chi connectivity index (χ0n) is 11.8. The van der Waals surface area contributed by atoms with Crippen molar-refractivity contribution >= 4 is 35.0 Å². The molecule has 0 saturated heterocycles. The van der Waals surface area contributed by atoms with Crippen molar-refractivity contribution < 1.29 is 14.3 Å². The number of thiophene rings is 1. The smallest absolute Gasteiger partial charge is 0.350 e. The number of nitrogens with one attached hydrogen (secondary N) is 1. The third-order valence-corrected chi connectivity index (χ3v) is 3.90. The number of rotatable bonds is 4. The van der Waals surface area contributed by atoms with Crippen LogP contribution in [0.1, 0.15) is 20.8 Å². The van der Waals surface area contributed by atoms with Crippen LogP contribution in [0.5, 0.6) is 0 Å². The van der Waals surface area contributed by atoms with E-state index in [1.54, 1.807) is 6.08 Å². The van der Waals surface area contributed by atoms with E-state index in [2.05, 4.69) is 5.32 Å². The van der Waals surface area contributed by atoms with Crippen LogP contribution in [0.2, 0.25) is 0 Å². The monoisotopic (exact) mass is 301 g/mol. The first-order valence-corrected chi connectivity index (χ1v) is 7.20. The number of carbonyl (C=O) groups excluding carboxylic acids is 2. The van der Waals surface area contributed by atoms with Crippen LogP contribution in [-0.4, -0.2) is 19.0 Å². The summed E-state index contributed by atoms with van der Waals surface area (Å²) >= 11 is 1.25. The predicted molar refractivity (Wildman–Crippen MR) is 84.5 cm³/mol. The number of aryl methyl sites for hydroxylation is 1. The molecule has 1 N–H and O–H groups in total. The Bertz CT molecular complexity index is 674. The maximum absolute atomic E-state index is 12.0. The molecule has 0 saturated carbocycles. The van der Waals surface area contributed by atoms with Crippen molar-refractivity contribution in [3.8, 4) is 0 Å². The van der Waals surface area contributed by atoms with E-state index >= 15 is 0 Å². The molecule has 0 atom stereocenters. The summed E-state index contributed by atoms with van der Waals surface area (Å²) in [6.45, 7) is 1.83. The Morgan fingerprint density at radius 2 is 1.95 bits per heavy atom. The number of esters is 1. The number of benzene rings is 1. The molecule has 0 spiro atoms. The lowest BCUT2D eigenvalue weighted by molar-refractivity contribution is -0.111. The quantitative estimate of drug-likeness (QED) is 0.694. The van der Waals surface area contributed by atoms with E-state index in [1.165, 1.54) is 24.5 Å². The van der Waals surface area contributed by atoms with Crippen molar-refractivity contribution in [1.29, 1.82) is 0 Å². The van der Waals surface area contributed by atoms with Gasteiger partial charge >= 0.3 is 5.97 Å². The molecule has 0 aliphatic heterocycles. The SMILES string of the molecule is COC(=O)c1scc(C)c1NC(=O)C=Cc1ccccc1. The normalized spacial score (nSPS) is 10.6. The number of amides is 1. The molecule has 21 heavy (non-hydrogen) atoms. The van der Waals surface area contributed by atoms with Crippen molar-refractivity contribution in [2.45, 2.75) is 6.92 Å². The first-order valence-electron chi connectivity index (χ1n) is 6.32. The van der Waals surface area contributed by atoms with Crippen molar-refractivity contribution in [1.82, 2.24) is 0 Å². The zero-order chi connectivity index (χ0) is 15.2. The molecule has 0 aliphatic carbocycles. The highest BCUT2D eigenvalue weighted by molar-refractivity contribution is 7.12. The lowest BCUT2D eigenvalue weighted by Gasteiger charge is -2.04. The Morgan fingerprint density at radius 1 is 1.24 bits per heavy atom. The number of hydrogen-bond acceptors (Lipinski definition) is 4. The molecular weight excluding hydrogens is 286 g/mol. The van der Waals surface area contributed by atoms with E-state index in [0.717, 1.165) is 11.1 Å². The highest BCUT2D eigenvalue weighted by Gasteiger charge is 2.17. The first-order chi connectivity index (χ1) is 10.1. The summed E-state index contributed by atoms with van der Waals surface area (Å²) in [6, 6.07) is 9.51. The molecule has 0 radical (unpaired) electrons. The van der Waals surface area contributed by atoms with E-state index in [4.69, 9.17) is 4.74 Å². The second-order valence-electron chi connectivity index (χ2n) is 4.35. The van der Waals surface area contributed by atoms with Crippen molar-refractivity contribution in [2.24, 2.45) is 0 Å². The molecule has 5 heteroatoms.